The van der Waals surface area contributed by atoms with Crippen molar-refractivity contribution in [3.05, 3.63) is 35.9 Å². The van der Waals surface area contributed by atoms with Gasteiger partial charge in [0, 0.05) is 18.3 Å². The summed E-state index contributed by atoms with van der Waals surface area (Å²) >= 11 is 0. The number of aliphatic hydroxyl groups is 1. The smallest absolute Gasteiger partial charge is 0.338 e. The Morgan fingerprint density at radius 2 is 2.07 bits per heavy atom. The van der Waals surface area contributed by atoms with E-state index in [9.17, 15) is 19.1 Å². The van der Waals surface area contributed by atoms with Crippen molar-refractivity contribution in [1.82, 2.24) is 0 Å². The van der Waals surface area contributed by atoms with Crippen LogP contribution in [0, 0.1) is 11.8 Å². The number of ether oxygens (including phenoxy) is 2. The zero-order valence-electron chi connectivity index (χ0n) is 16.3. The summed E-state index contributed by atoms with van der Waals surface area (Å²) in [7, 11) is 0. The molecule has 154 valence electrons. The molecule has 1 unspecified atom stereocenters. The van der Waals surface area contributed by atoms with Crippen LogP contribution in [0.4, 0.5) is 4.39 Å². The summed E-state index contributed by atoms with van der Waals surface area (Å²) in [5.41, 5.74) is 0.471. The fraction of sp³-hybridized carbons (Fsp3) is 0.636. The predicted octanol–water partition coefficient (Wildman–Crippen LogP) is 3.83. The van der Waals surface area contributed by atoms with Crippen molar-refractivity contribution in [2.24, 2.45) is 11.8 Å². The highest BCUT2D eigenvalue weighted by Gasteiger charge is 2.51. The Bertz CT molecular complexity index is 664. The lowest BCUT2D eigenvalue weighted by molar-refractivity contribution is -0.141. The molecular weight excluding hydrogens is 363 g/mol. The highest BCUT2D eigenvalue weighted by atomic mass is 19.1. The van der Waals surface area contributed by atoms with Crippen molar-refractivity contribution in [3.63, 3.8) is 0 Å². The van der Waals surface area contributed by atoms with Gasteiger partial charge in [0.25, 0.3) is 0 Å². The number of alkyl halides is 1. The molecule has 1 aromatic rings. The van der Waals surface area contributed by atoms with E-state index in [-0.39, 0.29) is 30.3 Å². The Balaban J connectivity index is 1.62. The van der Waals surface area contributed by atoms with Crippen molar-refractivity contribution < 1.29 is 28.6 Å². The van der Waals surface area contributed by atoms with Crippen molar-refractivity contribution in [2.45, 2.75) is 76.4 Å². The van der Waals surface area contributed by atoms with Crippen LogP contribution < -0.4 is 0 Å². The van der Waals surface area contributed by atoms with E-state index in [4.69, 9.17) is 9.47 Å². The zero-order chi connectivity index (χ0) is 20.1. The average molecular weight is 392 g/mol. The molecule has 1 saturated carbocycles. The van der Waals surface area contributed by atoms with Gasteiger partial charge in [-0.15, -0.1) is 0 Å². The Morgan fingerprint density at radius 1 is 1.32 bits per heavy atom. The molecule has 0 radical (unpaired) electrons. The third-order valence-electron chi connectivity index (χ3n) is 5.97. The van der Waals surface area contributed by atoms with Crippen LogP contribution in [-0.4, -0.2) is 41.5 Å². The number of fused-ring (bicyclic) bond motifs is 1. The number of unbranched alkanes of at least 4 members (excludes halogenated alkanes) is 1. The second-order valence-corrected chi connectivity index (χ2v) is 7.91. The quantitative estimate of drug-likeness (QED) is 0.647. The number of carbonyl (C=O) groups is 2. The van der Waals surface area contributed by atoms with E-state index in [0.29, 0.717) is 31.2 Å². The summed E-state index contributed by atoms with van der Waals surface area (Å²) in [6, 6.07) is 8.75. The molecule has 3 rings (SSSR count). The number of benzene rings is 1. The van der Waals surface area contributed by atoms with Gasteiger partial charge < -0.3 is 14.6 Å². The van der Waals surface area contributed by atoms with Gasteiger partial charge in [-0.3, -0.25) is 4.79 Å². The molecule has 0 aromatic heterocycles. The molecule has 28 heavy (non-hydrogen) atoms. The lowest BCUT2D eigenvalue weighted by atomic mass is 9.86. The van der Waals surface area contributed by atoms with E-state index in [1.807, 2.05) is 13.0 Å². The molecule has 2 aliphatic rings. The third-order valence-corrected chi connectivity index (χ3v) is 5.97. The van der Waals surface area contributed by atoms with Crippen LogP contribution in [0.5, 0.6) is 0 Å². The van der Waals surface area contributed by atoms with Crippen LogP contribution in [0.25, 0.3) is 0 Å². The minimum Gasteiger partial charge on any atom is -0.462 e. The molecule has 1 aliphatic heterocycles. The van der Waals surface area contributed by atoms with Gasteiger partial charge in [0.05, 0.1) is 18.1 Å². The molecule has 1 aliphatic carbocycles. The average Bonchev–Trinajstić information content (AvgIpc) is 3.20. The summed E-state index contributed by atoms with van der Waals surface area (Å²) in [6.45, 7) is 1.99. The Hall–Kier alpha value is -1.95. The number of hydrogen-bond donors (Lipinski definition) is 1. The highest BCUT2D eigenvalue weighted by molar-refractivity contribution is 5.89. The molecule has 1 N–H and O–H groups in total. The van der Waals surface area contributed by atoms with Crippen molar-refractivity contribution in [2.75, 3.05) is 0 Å². The zero-order valence-corrected chi connectivity index (χ0v) is 16.3. The third kappa shape index (κ3) is 4.90. The number of halogens is 1. The summed E-state index contributed by atoms with van der Waals surface area (Å²) in [5, 5.41) is 10.2. The van der Waals surface area contributed by atoms with Crippen molar-refractivity contribution >= 4 is 11.9 Å². The van der Waals surface area contributed by atoms with Crippen LogP contribution >= 0.6 is 0 Å². The Labute approximate surface area is 165 Å². The van der Waals surface area contributed by atoms with E-state index in [0.717, 1.165) is 12.8 Å². The minimum atomic E-state index is -1.25. The molecule has 1 saturated heterocycles. The van der Waals surface area contributed by atoms with Gasteiger partial charge in [-0.2, -0.15) is 0 Å². The maximum atomic E-state index is 14.1. The molecule has 5 nitrogen and oxygen atoms in total. The van der Waals surface area contributed by atoms with Crippen LogP contribution in [-0.2, 0) is 14.3 Å². The van der Waals surface area contributed by atoms with E-state index >= 15 is 0 Å². The monoisotopic (exact) mass is 392 g/mol. The second-order valence-electron chi connectivity index (χ2n) is 7.91. The first kappa shape index (κ1) is 20.8. The van der Waals surface area contributed by atoms with E-state index in [1.54, 1.807) is 24.3 Å². The highest BCUT2D eigenvalue weighted by Crippen LogP contribution is 2.45. The fourth-order valence-electron chi connectivity index (χ4n) is 4.41. The van der Waals surface area contributed by atoms with Gasteiger partial charge in [-0.25, -0.2) is 9.18 Å². The molecule has 6 heteroatoms. The number of hydrogen-bond acceptors (Lipinski definition) is 5. The number of aliphatic hydroxyl groups excluding tert-OH is 1. The topological polar surface area (TPSA) is 72.8 Å². The molecule has 0 spiro atoms. The first-order valence-electron chi connectivity index (χ1n) is 10.3. The van der Waals surface area contributed by atoms with Crippen LogP contribution in [0.15, 0.2) is 30.3 Å². The fourth-order valence-corrected chi connectivity index (χ4v) is 4.41. The molecule has 1 heterocycles. The van der Waals surface area contributed by atoms with Gasteiger partial charge >= 0.3 is 11.9 Å². The SMILES string of the molecule is CCCCC(F)[C@H](O)CC[C@@H]1[C@H]2CC(=O)O[C@H]2C[C@H]1OC(=O)c1ccccc1. The summed E-state index contributed by atoms with van der Waals surface area (Å²) in [6.07, 6.45) is 0.582. The van der Waals surface area contributed by atoms with Gasteiger partial charge in [0.2, 0.25) is 0 Å². The first-order valence-corrected chi connectivity index (χ1v) is 10.3. The largest absolute Gasteiger partial charge is 0.462 e. The normalized spacial score (nSPS) is 28.5. The minimum absolute atomic E-state index is 0.0398. The standard InChI is InChI=1S/C22H29FO5/c1-2-3-9-17(23)18(24)11-10-15-16-12-21(25)27-20(16)13-19(15)28-22(26)14-7-5-4-6-8-14/h4-8,15-20,24H,2-3,9-13H2,1H3/t15-,16-,17?,18-,19-,20+/m1/s1. The molecule has 1 aromatic carbocycles. The van der Waals surface area contributed by atoms with Crippen LogP contribution in [0.1, 0.15) is 62.2 Å². The van der Waals surface area contributed by atoms with Crippen LogP contribution in [0.2, 0.25) is 0 Å². The summed E-state index contributed by atoms with van der Waals surface area (Å²) in [5.74, 6) is -0.799. The van der Waals surface area contributed by atoms with Gasteiger partial charge in [-0.05, 0) is 31.4 Å². The van der Waals surface area contributed by atoms with Gasteiger partial charge in [-0.1, -0.05) is 38.0 Å². The lowest BCUT2D eigenvalue weighted by Crippen LogP contribution is -2.29. The maximum Gasteiger partial charge on any atom is 0.338 e. The second kappa shape index (κ2) is 9.50. The van der Waals surface area contributed by atoms with Crippen LogP contribution in [0.3, 0.4) is 0 Å². The predicted molar refractivity (Wildman–Crippen MR) is 101 cm³/mol. The molecule has 2 fully saturated rings. The van der Waals surface area contributed by atoms with Crippen molar-refractivity contribution in [1.29, 1.82) is 0 Å². The number of rotatable bonds is 9. The Kier molecular flexibility index (Phi) is 7.05. The molecule has 0 bridgehead atoms. The van der Waals surface area contributed by atoms with E-state index in [1.165, 1.54) is 0 Å². The van der Waals surface area contributed by atoms with Gasteiger partial charge in [0.15, 0.2) is 0 Å². The maximum absolute atomic E-state index is 14.1. The molecule has 0 amide bonds. The number of esters is 2. The van der Waals surface area contributed by atoms with E-state index < -0.39 is 24.3 Å². The van der Waals surface area contributed by atoms with Gasteiger partial charge in [0.1, 0.15) is 18.4 Å². The Morgan fingerprint density at radius 3 is 2.79 bits per heavy atom. The summed E-state index contributed by atoms with van der Waals surface area (Å²) < 4.78 is 25.2. The molecule has 6 atom stereocenters. The summed E-state index contributed by atoms with van der Waals surface area (Å²) in [4.78, 5) is 24.1. The van der Waals surface area contributed by atoms with E-state index in [2.05, 4.69) is 0 Å². The first-order chi connectivity index (χ1) is 13.5. The lowest BCUT2D eigenvalue weighted by Gasteiger charge is -2.25. The number of carbonyl (C=O) groups excluding carboxylic acids is 2. The molecular formula is C22H29FO5. The van der Waals surface area contributed by atoms with Crippen molar-refractivity contribution in [3.8, 4) is 0 Å².